The number of hydrogen-bond acceptors (Lipinski definition) is 3. The fourth-order valence-corrected chi connectivity index (χ4v) is 2.17. The number of carbonyl (C=O) groups is 2. The zero-order chi connectivity index (χ0) is 15.5. The van der Waals surface area contributed by atoms with E-state index < -0.39 is 0 Å². The minimum Gasteiger partial charge on any atom is -0.507 e. The lowest BCUT2D eigenvalue weighted by atomic mass is 10.1. The second-order valence-electron chi connectivity index (χ2n) is 4.97. The number of nitrogens with one attached hydrogen (secondary N) is 1. The topological polar surface area (TPSA) is 66.4 Å². The summed E-state index contributed by atoms with van der Waals surface area (Å²) in [5.41, 5.74) is 0.341. The molecule has 1 amide bonds. The fraction of sp³-hybridized carbons (Fsp3) is 0.500. The lowest BCUT2D eigenvalue weighted by Crippen LogP contribution is -2.26. The van der Waals surface area contributed by atoms with Crippen molar-refractivity contribution in [1.82, 2.24) is 5.32 Å². The van der Waals surface area contributed by atoms with Gasteiger partial charge in [0.1, 0.15) is 12.0 Å². The molecule has 1 aliphatic rings. The highest BCUT2D eigenvalue weighted by Gasteiger charge is 2.14. The van der Waals surface area contributed by atoms with E-state index in [9.17, 15) is 14.7 Å². The molecule has 0 aromatic carbocycles. The summed E-state index contributed by atoms with van der Waals surface area (Å²) in [6.07, 6.45) is 11.6. The van der Waals surface area contributed by atoms with E-state index in [0.29, 0.717) is 30.0 Å². The standard InChI is InChI=1S/C16H22ClNO3/c17-13-7-9-14(15(20)10-8-13)16(21)18-11-5-3-1-2-4-6-12-19/h7-8,10,12,20H,1-6,9,11H2,(H,18,21). The third kappa shape index (κ3) is 7.14. The van der Waals surface area contributed by atoms with Gasteiger partial charge in [0.05, 0.1) is 5.57 Å². The molecule has 4 nitrogen and oxygen atoms in total. The van der Waals surface area contributed by atoms with Gasteiger partial charge in [-0.15, -0.1) is 0 Å². The molecule has 0 spiro atoms. The van der Waals surface area contributed by atoms with Gasteiger partial charge < -0.3 is 15.2 Å². The predicted molar refractivity (Wildman–Crippen MR) is 84.1 cm³/mol. The second kappa shape index (κ2) is 10.2. The van der Waals surface area contributed by atoms with Crippen LogP contribution < -0.4 is 5.32 Å². The Balaban J connectivity index is 2.22. The monoisotopic (exact) mass is 311 g/mol. The van der Waals surface area contributed by atoms with Crippen molar-refractivity contribution in [2.24, 2.45) is 0 Å². The fourth-order valence-electron chi connectivity index (χ4n) is 2.03. The van der Waals surface area contributed by atoms with E-state index in [0.717, 1.165) is 38.4 Å². The number of unbranched alkanes of at least 4 members (excludes halogenated alkanes) is 5. The quantitative estimate of drug-likeness (QED) is 0.505. The van der Waals surface area contributed by atoms with Crippen molar-refractivity contribution >= 4 is 23.8 Å². The molecular weight excluding hydrogens is 290 g/mol. The second-order valence-corrected chi connectivity index (χ2v) is 5.41. The first-order valence-electron chi connectivity index (χ1n) is 7.33. The maximum absolute atomic E-state index is 12.0. The van der Waals surface area contributed by atoms with Gasteiger partial charge in [-0.1, -0.05) is 36.9 Å². The van der Waals surface area contributed by atoms with Crippen LogP contribution in [-0.4, -0.2) is 23.8 Å². The van der Waals surface area contributed by atoms with E-state index in [4.69, 9.17) is 11.6 Å². The van der Waals surface area contributed by atoms with Gasteiger partial charge in [0, 0.05) is 24.4 Å². The molecule has 21 heavy (non-hydrogen) atoms. The first-order chi connectivity index (χ1) is 10.1. The summed E-state index contributed by atoms with van der Waals surface area (Å²) in [5.74, 6) is -0.283. The molecule has 0 heterocycles. The summed E-state index contributed by atoms with van der Waals surface area (Å²) >= 11 is 5.84. The highest BCUT2D eigenvalue weighted by atomic mass is 35.5. The van der Waals surface area contributed by atoms with Gasteiger partial charge in [0.15, 0.2) is 0 Å². The summed E-state index contributed by atoms with van der Waals surface area (Å²) in [7, 11) is 0. The van der Waals surface area contributed by atoms with Crippen molar-refractivity contribution in [1.29, 1.82) is 0 Å². The highest BCUT2D eigenvalue weighted by Crippen LogP contribution is 2.18. The lowest BCUT2D eigenvalue weighted by molar-refractivity contribution is -0.117. The highest BCUT2D eigenvalue weighted by molar-refractivity contribution is 6.31. The Kier molecular flexibility index (Phi) is 8.51. The number of rotatable bonds is 9. The van der Waals surface area contributed by atoms with E-state index in [1.807, 2.05) is 0 Å². The van der Waals surface area contributed by atoms with Crippen LogP contribution in [0.2, 0.25) is 0 Å². The summed E-state index contributed by atoms with van der Waals surface area (Å²) in [6, 6.07) is 0. The van der Waals surface area contributed by atoms with Gasteiger partial charge in [-0.3, -0.25) is 4.79 Å². The van der Waals surface area contributed by atoms with Gasteiger partial charge >= 0.3 is 0 Å². The summed E-state index contributed by atoms with van der Waals surface area (Å²) < 4.78 is 0. The van der Waals surface area contributed by atoms with Crippen molar-refractivity contribution in [2.75, 3.05) is 6.54 Å². The minimum atomic E-state index is -0.249. The van der Waals surface area contributed by atoms with E-state index in [-0.39, 0.29) is 11.7 Å². The van der Waals surface area contributed by atoms with E-state index >= 15 is 0 Å². The molecule has 5 heteroatoms. The van der Waals surface area contributed by atoms with Crippen molar-refractivity contribution in [3.05, 3.63) is 34.6 Å². The van der Waals surface area contributed by atoms with Crippen LogP contribution in [0.25, 0.3) is 0 Å². The van der Waals surface area contributed by atoms with Crippen molar-refractivity contribution < 1.29 is 14.7 Å². The lowest BCUT2D eigenvalue weighted by Gasteiger charge is -2.08. The zero-order valence-corrected chi connectivity index (χ0v) is 12.9. The first kappa shape index (κ1) is 17.5. The van der Waals surface area contributed by atoms with Gasteiger partial charge in [-0.25, -0.2) is 0 Å². The summed E-state index contributed by atoms with van der Waals surface area (Å²) in [5, 5.41) is 13.1. The van der Waals surface area contributed by atoms with Gasteiger partial charge in [-0.2, -0.15) is 0 Å². The molecule has 0 bridgehead atoms. The molecule has 1 rings (SSSR count). The van der Waals surface area contributed by atoms with E-state index in [1.54, 1.807) is 12.2 Å². The maximum atomic E-state index is 12.0. The molecule has 2 N–H and O–H groups in total. The Labute approximate surface area is 130 Å². The number of aliphatic hydroxyl groups is 1. The largest absolute Gasteiger partial charge is 0.507 e. The van der Waals surface area contributed by atoms with Crippen LogP contribution in [0, 0.1) is 0 Å². The Morgan fingerprint density at radius 2 is 1.95 bits per heavy atom. The van der Waals surface area contributed by atoms with E-state index in [1.165, 1.54) is 6.08 Å². The smallest absolute Gasteiger partial charge is 0.251 e. The number of halogens is 1. The summed E-state index contributed by atoms with van der Waals surface area (Å²) in [6.45, 7) is 0.588. The molecule has 0 fully saturated rings. The number of aldehydes is 1. The van der Waals surface area contributed by atoms with Crippen LogP contribution in [-0.2, 0) is 9.59 Å². The minimum absolute atomic E-state index is 0.0340. The summed E-state index contributed by atoms with van der Waals surface area (Å²) in [4.78, 5) is 22.1. The van der Waals surface area contributed by atoms with Crippen LogP contribution in [0.15, 0.2) is 34.6 Å². The number of hydrogen-bond donors (Lipinski definition) is 2. The van der Waals surface area contributed by atoms with Gasteiger partial charge in [0.25, 0.3) is 5.91 Å². The number of allylic oxidation sites excluding steroid dienone is 4. The molecule has 0 aliphatic heterocycles. The van der Waals surface area contributed by atoms with Crippen LogP contribution in [0.1, 0.15) is 44.9 Å². The van der Waals surface area contributed by atoms with Crippen LogP contribution in [0.3, 0.4) is 0 Å². The average Bonchev–Trinajstić information content (AvgIpc) is 2.64. The molecule has 0 aromatic rings. The number of amides is 1. The number of aliphatic hydroxyl groups excluding tert-OH is 1. The Morgan fingerprint density at radius 1 is 1.24 bits per heavy atom. The van der Waals surface area contributed by atoms with Gasteiger partial charge in [-0.05, 0) is 25.0 Å². The Bertz CT molecular complexity index is 452. The molecule has 0 radical (unpaired) electrons. The molecule has 0 saturated heterocycles. The van der Waals surface area contributed by atoms with Crippen molar-refractivity contribution in [2.45, 2.75) is 44.9 Å². The van der Waals surface area contributed by atoms with Crippen LogP contribution in [0.5, 0.6) is 0 Å². The average molecular weight is 312 g/mol. The molecular formula is C16H22ClNO3. The zero-order valence-electron chi connectivity index (χ0n) is 12.1. The normalized spacial score (nSPS) is 14.6. The van der Waals surface area contributed by atoms with Crippen molar-refractivity contribution in [3.8, 4) is 0 Å². The molecule has 0 atom stereocenters. The third-order valence-electron chi connectivity index (χ3n) is 3.27. The molecule has 1 aliphatic carbocycles. The first-order valence-corrected chi connectivity index (χ1v) is 7.70. The Hall–Kier alpha value is -1.55. The van der Waals surface area contributed by atoms with Crippen LogP contribution >= 0.6 is 11.6 Å². The van der Waals surface area contributed by atoms with Crippen molar-refractivity contribution in [3.63, 3.8) is 0 Å². The molecule has 0 aromatic heterocycles. The van der Waals surface area contributed by atoms with Crippen LogP contribution in [0.4, 0.5) is 0 Å². The van der Waals surface area contributed by atoms with Gasteiger partial charge in [0.2, 0.25) is 0 Å². The Morgan fingerprint density at radius 3 is 2.71 bits per heavy atom. The predicted octanol–water partition coefficient (Wildman–Crippen LogP) is 3.54. The number of carbonyl (C=O) groups excluding carboxylic acids is 2. The third-order valence-corrected chi connectivity index (χ3v) is 3.55. The SMILES string of the molecule is O=CCCCCCCCNC(=O)C1=C(O)C=CC(Cl)=CC1. The molecule has 116 valence electrons. The molecule has 0 unspecified atom stereocenters. The van der Waals surface area contributed by atoms with E-state index in [2.05, 4.69) is 5.32 Å². The maximum Gasteiger partial charge on any atom is 0.251 e. The molecule has 0 saturated carbocycles.